The van der Waals surface area contributed by atoms with Gasteiger partial charge >= 0.3 is 0 Å². The van der Waals surface area contributed by atoms with Crippen LogP contribution >= 0.6 is 23.4 Å². The number of amides is 1. The van der Waals surface area contributed by atoms with E-state index in [0.29, 0.717) is 5.16 Å². The molecule has 1 saturated heterocycles. The number of hydrogen-bond donors (Lipinski definition) is 1. The van der Waals surface area contributed by atoms with E-state index in [1.165, 1.54) is 30.0 Å². The highest BCUT2D eigenvalue weighted by Gasteiger charge is 2.25. The zero-order chi connectivity index (χ0) is 22.0. The highest BCUT2D eigenvalue weighted by Crippen LogP contribution is 2.31. The second-order valence-electron chi connectivity index (χ2n) is 7.52. The third-order valence-corrected chi connectivity index (χ3v) is 6.42. The minimum Gasteiger partial charge on any atom is -0.341 e. The Morgan fingerprint density at radius 3 is 2.55 bits per heavy atom. The van der Waals surface area contributed by atoms with Gasteiger partial charge in [-0.2, -0.15) is 0 Å². The van der Waals surface area contributed by atoms with Crippen molar-refractivity contribution in [3.8, 4) is 5.69 Å². The van der Waals surface area contributed by atoms with Crippen molar-refractivity contribution in [2.45, 2.75) is 37.1 Å². The Labute approximate surface area is 189 Å². The maximum Gasteiger partial charge on any atom is 0.237 e. The lowest BCUT2D eigenvalue weighted by molar-refractivity contribution is -0.115. The number of aryl methyl sites for hydroxylation is 1. The van der Waals surface area contributed by atoms with Gasteiger partial charge in [0.15, 0.2) is 5.16 Å². The second kappa shape index (κ2) is 9.28. The van der Waals surface area contributed by atoms with Crippen molar-refractivity contribution in [3.63, 3.8) is 0 Å². The van der Waals surface area contributed by atoms with Gasteiger partial charge in [-0.3, -0.25) is 9.36 Å². The van der Waals surface area contributed by atoms with Crippen molar-refractivity contribution in [1.82, 2.24) is 14.8 Å². The summed E-state index contributed by atoms with van der Waals surface area (Å²) in [4.78, 5) is 14.9. The molecule has 162 valence electrons. The highest BCUT2D eigenvalue weighted by atomic mass is 35.5. The van der Waals surface area contributed by atoms with E-state index in [-0.39, 0.29) is 16.6 Å². The third kappa shape index (κ3) is 4.85. The molecule has 1 aliphatic rings. The van der Waals surface area contributed by atoms with Gasteiger partial charge in [-0.25, -0.2) is 4.39 Å². The van der Waals surface area contributed by atoms with Crippen molar-refractivity contribution in [2.24, 2.45) is 0 Å². The lowest BCUT2D eigenvalue weighted by Crippen LogP contribution is -2.24. The van der Waals surface area contributed by atoms with Crippen LogP contribution in [0, 0.1) is 12.7 Å². The maximum atomic E-state index is 14.1. The van der Waals surface area contributed by atoms with Gasteiger partial charge in [0.1, 0.15) is 5.82 Å². The molecule has 0 aliphatic carbocycles. The van der Waals surface area contributed by atoms with Gasteiger partial charge in [0.2, 0.25) is 11.9 Å². The minimum atomic E-state index is -0.572. The number of nitrogens with zero attached hydrogens (tertiary/aromatic N) is 4. The van der Waals surface area contributed by atoms with E-state index in [2.05, 4.69) is 20.4 Å². The average Bonchev–Trinajstić information content (AvgIpc) is 3.40. The number of rotatable bonds is 6. The number of nitrogens with one attached hydrogen (secondary N) is 1. The molecule has 1 aliphatic heterocycles. The summed E-state index contributed by atoms with van der Waals surface area (Å²) in [6, 6.07) is 12.3. The number of hydrogen-bond acceptors (Lipinski definition) is 5. The van der Waals surface area contributed by atoms with Gasteiger partial charge in [-0.1, -0.05) is 41.1 Å². The molecule has 1 N–H and O–H groups in total. The van der Waals surface area contributed by atoms with Gasteiger partial charge in [-0.05, 0) is 57.0 Å². The molecular weight excluding hydrogens is 437 g/mol. The molecule has 0 saturated carbocycles. The van der Waals surface area contributed by atoms with Crippen LogP contribution in [0.4, 0.5) is 16.0 Å². The first-order valence-corrected chi connectivity index (χ1v) is 11.4. The number of aromatic nitrogens is 3. The van der Waals surface area contributed by atoms with Crippen LogP contribution in [0.3, 0.4) is 0 Å². The lowest BCUT2D eigenvalue weighted by Gasteiger charge is -2.19. The van der Waals surface area contributed by atoms with Crippen LogP contribution in [0.15, 0.2) is 47.6 Å². The fourth-order valence-electron chi connectivity index (χ4n) is 3.42. The standard InChI is InChI=1S/C22H23ClFN5OS/c1-14-5-8-17(9-6-14)29-21(28-11-3-4-12-28)26-27-22(29)31-15(2)20(30)25-19-10-7-16(23)13-18(19)24/h5-10,13,15H,3-4,11-12H2,1-2H3,(H,25,30). The smallest absolute Gasteiger partial charge is 0.237 e. The maximum absolute atomic E-state index is 14.1. The van der Waals surface area contributed by atoms with Gasteiger partial charge in [0, 0.05) is 18.1 Å². The van der Waals surface area contributed by atoms with Gasteiger partial charge < -0.3 is 10.2 Å². The summed E-state index contributed by atoms with van der Waals surface area (Å²) < 4.78 is 16.0. The fraction of sp³-hybridized carbons (Fsp3) is 0.318. The number of benzene rings is 2. The van der Waals surface area contributed by atoms with Gasteiger partial charge in [-0.15, -0.1) is 10.2 Å². The summed E-state index contributed by atoms with van der Waals surface area (Å²) in [6.45, 7) is 5.66. The molecule has 31 heavy (non-hydrogen) atoms. The Hall–Kier alpha value is -2.58. The van der Waals surface area contributed by atoms with Crippen molar-refractivity contribution in [1.29, 1.82) is 0 Å². The van der Waals surface area contributed by atoms with E-state index in [1.54, 1.807) is 6.92 Å². The zero-order valence-electron chi connectivity index (χ0n) is 17.3. The summed E-state index contributed by atoms with van der Waals surface area (Å²) in [5.74, 6) is -0.121. The first-order valence-electron chi connectivity index (χ1n) is 10.1. The number of anilines is 2. The molecule has 2 heterocycles. The van der Waals surface area contributed by atoms with Crippen LogP contribution in [0.2, 0.25) is 5.02 Å². The van der Waals surface area contributed by atoms with E-state index >= 15 is 0 Å². The minimum absolute atomic E-state index is 0.0969. The normalized spacial score (nSPS) is 14.6. The number of halogens is 2. The summed E-state index contributed by atoms with van der Waals surface area (Å²) >= 11 is 7.07. The lowest BCUT2D eigenvalue weighted by atomic mass is 10.2. The summed E-state index contributed by atoms with van der Waals surface area (Å²) in [7, 11) is 0. The van der Waals surface area contributed by atoms with E-state index in [0.717, 1.165) is 43.1 Å². The van der Waals surface area contributed by atoms with Gasteiger partial charge in [0.25, 0.3) is 0 Å². The molecular formula is C22H23ClFN5OS. The fourth-order valence-corrected chi connectivity index (χ4v) is 4.44. The molecule has 1 amide bonds. The summed E-state index contributed by atoms with van der Waals surface area (Å²) in [6.07, 6.45) is 2.24. The van der Waals surface area contributed by atoms with E-state index in [1.807, 2.05) is 35.8 Å². The molecule has 9 heteroatoms. The van der Waals surface area contributed by atoms with Crippen molar-refractivity contribution >= 4 is 40.9 Å². The molecule has 1 fully saturated rings. The topological polar surface area (TPSA) is 63.1 Å². The van der Waals surface area contributed by atoms with Crippen LogP contribution in [0.25, 0.3) is 5.69 Å². The third-order valence-electron chi connectivity index (χ3n) is 5.14. The molecule has 2 aromatic carbocycles. The molecule has 3 aromatic rings. The predicted octanol–water partition coefficient (Wildman–Crippen LogP) is 5.09. The van der Waals surface area contributed by atoms with E-state index < -0.39 is 11.1 Å². The van der Waals surface area contributed by atoms with Crippen molar-refractivity contribution < 1.29 is 9.18 Å². The molecule has 0 radical (unpaired) electrons. The zero-order valence-corrected chi connectivity index (χ0v) is 18.9. The summed E-state index contributed by atoms with van der Waals surface area (Å²) in [5, 5.41) is 11.8. The Morgan fingerprint density at radius 1 is 1.16 bits per heavy atom. The largest absolute Gasteiger partial charge is 0.341 e. The van der Waals surface area contributed by atoms with Crippen molar-refractivity contribution in [3.05, 3.63) is 58.9 Å². The molecule has 6 nitrogen and oxygen atoms in total. The SMILES string of the molecule is Cc1ccc(-n2c(SC(C)C(=O)Nc3ccc(Cl)cc3F)nnc2N2CCCC2)cc1. The highest BCUT2D eigenvalue weighted by molar-refractivity contribution is 8.00. The van der Waals surface area contributed by atoms with Gasteiger partial charge in [0.05, 0.1) is 16.6 Å². The van der Waals surface area contributed by atoms with E-state index in [9.17, 15) is 9.18 Å². The number of thioether (sulfide) groups is 1. The quantitative estimate of drug-likeness (QED) is 0.520. The molecule has 0 bridgehead atoms. The molecule has 1 unspecified atom stereocenters. The second-order valence-corrected chi connectivity index (χ2v) is 9.27. The molecule has 1 aromatic heterocycles. The van der Waals surface area contributed by atoms with Crippen LogP contribution < -0.4 is 10.2 Å². The number of carbonyl (C=O) groups excluding carboxylic acids is 1. The summed E-state index contributed by atoms with van der Waals surface area (Å²) in [5.41, 5.74) is 2.20. The van der Waals surface area contributed by atoms with Crippen molar-refractivity contribution in [2.75, 3.05) is 23.3 Å². The first kappa shape index (κ1) is 21.6. The number of carbonyl (C=O) groups is 1. The average molecular weight is 460 g/mol. The predicted molar refractivity (Wildman–Crippen MR) is 123 cm³/mol. The molecule has 0 spiro atoms. The molecule has 1 atom stereocenters. The van der Waals surface area contributed by atoms with Crippen LogP contribution in [0.5, 0.6) is 0 Å². The Bertz CT molecular complexity index is 1080. The van der Waals surface area contributed by atoms with Crippen LogP contribution in [-0.4, -0.2) is 39.0 Å². The molecule has 4 rings (SSSR count). The van der Waals surface area contributed by atoms with Crippen LogP contribution in [0.1, 0.15) is 25.3 Å². The Kier molecular flexibility index (Phi) is 6.48. The van der Waals surface area contributed by atoms with E-state index in [4.69, 9.17) is 11.6 Å². The Morgan fingerprint density at radius 2 is 1.87 bits per heavy atom. The Balaban J connectivity index is 1.58. The first-order chi connectivity index (χ1) is 14.9. The monoisotopic (exact) mass is 459 g/mol. The van der Waals surface area contributed by atoms with Crippen LogP contribution in [-0.2, 0) is 4.79 Å².